The average Bonchev–Trinajstić information content (AvgIpc) is 2.30. The second-order valence-electron chi connectivity index (χ2n) is 3.08. The summed E-state index contributed by atoms with van der Waals surface area (Å²) in [6, 6.07) is 10.4. The molecule has 0 spiro atoms. The van der Waals surface area contributed by atoms with Crippen molar-refractivity contribution in [2.24, 2.45) is 0 Å². The first-order chi connectivity index (χ1) is 7.29. The molecule has 0 N–H and O–H groups in total. The molecular formula is C13H8FN. The Hall–Kier alpha value is -2.14. The van der Waals surface area contributed by atoms with Crippen LogP contribution in [0.15, 0.2) is 42.6 Å². The lowest BCUT2D eigenvalue weighted by Gasteiger charge is -2.00. The predicted molar refractivity (Wildman–Crippen MR) is 57.6 cm³/mol. The maximum absolute atomic E-state index is 12.6. The van der Waals surface area contributed by atoms with Crippen molar-refractivity contribution < 1.29 is 4.39 Å². The van der Waals surface area contributed by atoms with E-state index in [-0.39, 0.29) is 5.82 Å². The molecule has 0 fully saturated rings. The fourth-order valence-electron chi connectivity index (χ4n) is 1.28. The third-order valence-electron chi connectivity index (χ3n) is 2.07. The first-order valence-corrected chi connectivity index (χ1v) is 4.48. The molecule has 2 heteroatoms. The van der Waals surface area contributed by atoms with Gasteiger partial charge < -0.3 is 0 Å². The van der Waals surface area contributed by atoms with E-state index >= 15 is 0 Å². The lowest BCUT2D eigenvalue weighted by Crippen LogP contribution is -1.84. The van der Waals surface area contributed by atoms with Gasteiger partial charge in [0, 0.05) is 11.1 Å². The van der Waals surface area contributed by atoms with E-state index in [2.05, 4.69) is 10.9 Å². The number of rotatable bonds is 1. The lowest BCUT2D eigenvalue weighted by atomic mass is 10.1. The Balaban J connectivity index is 2.38. The predicted octanol–water partition coefficient (Wildman–Crippen LogP) is 2.87. The van der Waals surface area contributed by atoms with Crippen LogP contribution < -0.4 is 0 Å². The molecular weight excluding hydrogens is 189 g/mol. The Morgan fingerprint density at radius 2 is 1.80 bits per heavy atom. The van der Waals surface area contributed by atoms with E-state index < -0.39 is 0 Å². The van der Waals surface area contributed by atoms with Crippen molar-refractivity contribution >= 4 is 0 Å². The third-order valence-corrected chi connectivity index (χ3v) is 2.07. The Morgan fingerprint density at radius 3 is 2.33 bits per heavy atom. The maximum Gasteiger partial charge on any atom is 0.141 e. The number of terminal acetylenes is 1. The van der Waals surface area contributed by atoms with E-state index in [0.29, 0.717) is 0 Å². The first-order valence-electron chi connectivity index (χ1n) is 4.48. The molecule has 72 valence electrons. The van der Waals surface area contributed by atoms with Gasteiger partial charge in [-0.1, -0.05) is 18.1 Å². The third kappa shape index (κ3) is 2.03. The van der Waals surface area contributed by atoms with Gasteiger partial charge in [-0.05, 0) is 24.3 Å². The molecule has 0 aliphatic carbocycles. The minimum Gasteiger partial charge on any atom is -0.253 e. The summed E-state index contributed by atoms with van der Waals surface area (Å²) in [5, 5.41) is 0. The number of benzene rings is 1. The molecule has 1 aromatic carbocycles. The van der Waals surface area contributed by atoms with Crippen LogP contribution in [0.1, 0.15) is 5.56 Å². The summed E-state index contributed by atoms with van der Waals surface area (Å²) in [5.41, 5.74) is 2.48. The van der Waals surface area contributed by atoms with Crippen LogP contribution in [0.5, 0.6) is 0 Å². The SMILES string of the molecule is C#Cc1ccc(-c2ccc(F)cn2)cc1. The molecule has 0 bridgehead atoms. The van der Waals surface area contributed by atoms with Crippen molar-refractivity contribution in [3.8, 4) is 23.6 Å². The van der Waals surface area contributed by atoms with E-state index in [0.717, 1.165) is 16.8 Å². The molecule has 1 nitrogen and oxygen atoms in total. The molecule has 0 radical (unpaired) electrons. The van der Waals surface area contributed by atoms with Crippen molar-refractivity contribution in [2.45, 2.75) is 0 Å². The zero-order chi connectivity index (χ0) is 10.7. The van der Waals surface area contributed by atoms with Crippen LogP contribution in [0, 0.1) is 18.2 Å². The van der Waals surface area contributed by atoms with Gasteiger partial charge in [-0.15, -0.1) is 6.42 Å². The highest BCUT2D eigenvalue weighted by atomic mass is 19.1. The number of hydrogen-bond acceptors (Lipinski definition) is 1. The zero-order valence-corrected chi connectivity index (χ0v) is 7.94. The molecule has 0 saturated heterocycles. The number of hydrogen-bond donors (Lipinski definition) is 0. The largest absolute Gasteiger partial charge is 0.253 e. The van der Waals surface area contributed by atoms with Crippen LogP contribution in [0.3, 0.4) is 0 Å². The van der Waals surface area contributed by atoms with Crippen molar-refractivity contribution in [2.75, 3.05) is 0 Å². The fourth-order valence-corrected chi connectivity index (χ4v) is 1.28. The van der Waals surface area contributed by atoms with Crippen LogP contribution in [0.25, 0.3) is 11.3 Å². The quantitative estimate of drug-likeness (QED) is 0.640. The molecule has 2 rings (SSSR count). The van der Waals surface area contributed by atoms with E-state index in [1.165, 1.54) is 12.3 Å². The molecule has 1 heterocycles. The highest BCUT2D eigenvalue weighted by Gasteiger charge is 1.98. The standard InChI is InChI=1S/C13H8FN/c1-2-10-3-5-11(6-4-10)13-8-7-12(14)9-15-13/h1,3-9H. The van der Waals surface area contributed by atoms with Gasteiger partial charge in [0.1, 0.15) is 5.82 Å². The summed E-state index contributed by atoms with van der Waals surface area (Å²) in [4.78, 5) is 3.98. The molecule has 15 heavy (non-hydrogen) atoms. The van der Waals surface area contributed by atoms with Gasteiger partial charge >= 0.3 is 0 Å². The Bertz CT molecular complexity index is 492. The van der Waals surface area contributed by atoms with Gasteiger partial charge in [0.2, 0.25) is 0 Å². The Kier molecular flexibility index (Phi) is 2.47. The normalized spacial score (nSPS) is 9.60. The van der Waals surface area contributed by atoms with Gasteiger partial charge in [-0.25, -0.2) is 4.39 Å². The van der Waals surface area contributed by atoms with Gasteiger partial charge in [0.15, 0.2) is 0 Å². The number of halogens is 1. The van der Waals surface area contributed by atoms with E-state index in [4.69, 9.17) is 6.42 Å². The zero-order valence-electron chi connectivity index (χ0n) is 7.94. The van der Waals surface area contributed by atoms with Gasteiger partial charge in [0.25, 0.3) is 0 Å². The van der Waals surface area contributed by atoms with Crippen molar-refractivity contribution in [3.63, 3.8) is 0 Å². The van der Waals surface area contributed by atoms with Crippen LogP contribution >= 0.6 is 0 Å². The minimum absolute atomic E-state index is 0.334. The van der Waals surface area contributed by atoms with Gasteiger partial charge in [-0.2, -0.15) is 0 Å². The van der Waals surface area contributed by atoms with E-state index in [9.17, 15) is 4.39 Å². The summed E-state index contributed by atoms with van der Waals surface area (Å²) in [6.45, 7) is 0. The highest BCUT2D eigenvalue weighted by Crippen LogP contribution is 2.17. The second-order valence-corrected chi connectivity index (χ2v) is 3.08. The summed E-state index contributed by atoms with van der Waals surface area (Å²) in [7, 11) is 0. The summed E-state index contributed by atoms with van der Waals surface area (Å²) in [5.74, 6) is 2.20. The fraction of sp³-hybridized carbons (Fsp3) is 0. The van der Waals surface area contributed by atoms with E-state index in [1.54, 1.807) is 6.07 Å². The first kappa shape index (κ1) is 9.42. The molecule has 2 aromatic rings. The Morgan fingerprint density at radius 1 is 1.07 bits per heavy atom. The topological polar surface area (TPSA) is 12.9 Å². The van der Waals surface area contributed by atoms with Crippen LogP contribution in [0.2, 0.25) is 0 Å². The van der Waals surface area contributed by atoms with Crippen molar-refractivity contribution in [3.05, 3.63) is 54.0 Å². The van der Waals surface area contributed by atoms with Crippen molar-refractivity contribution in [1.29, 1.82) is 0 Å². The molecule has 0 amide bonds. The van der Waals surface area contributed by atoms with Gasteiger partial charge in [0.05, 0.1) is 11.9 Å². The number of pyridine rings is 1. The monoisotopic (exact) mass is 197 g/mol. The average molecular weight is 197 g/mol. The minimum atomic E-state index is -0.334. The molecule has 0 aliphatic heterocycles. The lowest BCUT2D eigenvalue weighted by molar-refractivity contribution is 0.622. The molecule has 0 aliphatic rings. The number of aromatic nitrogens is 1. The molecule has 0 unspecified atom stereocenters. The molecule has 0 atom stereocenters. The van der Waals surface area contributed by atoms with E-state index in [1.807, 2.05) is 24.3 Å². The smallest absolute Gasteiger partial charge is 0.141 e. The summed E-state index contributed by atoms with van der Waals surface area (Å²) >= 11 is 0. The second kappa shape index (κ2) is 3.93. The van der Waals surface area contributed by atoms with Crippen LogP contribution in [-0.2, 0) is 0 Å². The highest BCUT2D eigenvalue weighted by molar-refractivity contribution is 5.60. The van der Waals surface area contributed by atoms with Crippen molar-refractivity contribution in [1.82, 2.24) is 4.98 Å². The Labute approximate surface area is 87.6 Å². The maximum atomic E-state index is 12.6. The van der Waals surface area contributed by atoms with Crippen LogP contribution in [0.4, 0.5) is 4.39 Å². The number of nitrogens with zero attached hydrogens (tertiary/aromatic N) is 1. The molecule has 1 aromatic heterocycles. The summed E-state index contributed by atoms with van der Waals surface area (Å²) in [6.07, 6.45) is 6.44. The van der Waals surface area contributed by atoms with Crippen LogP contribution in [-0.4, -0.2) is 4.98 Å². The van der Waals surface area contributed by atoms with Gasteiger partial charge in [-0.3, -0.25) is 4.98 Å². The molecule has 0 saturated carbocycles. The summed E-state index contributed by atoms with van der Waals surface area (Å²) < 4.78 is 12.6.